The Morgan fingerprint density at radius 1 is 1.48 bits per heavy atom. The fourth-order valence-corrected chi connectivity index (χ4v) is 1.38. The maximum absolute atomic E-state index is 11.9. The zero-order valence-corrected chi connectivity index (χ0v) is 11.0. The lowest BCUT2D eigenvalue weighted by Crippen LogP contribution is -2.37. The number of hydrogen-bond acceptors (Lipinski definition) is 4. The number of carboxylic acids is 1. The molecule has 116 valence electrons. The minimum Gasteiger partial charge on any atom is -0.478 e. The molecule has 0 saturated heterocycles. The Morgan fingerprint density at radius 2 is 2.14 bits per heavy atom. The van der Waals surface area contributed by atoms with E-state index in [9.17, 15) is 22.8 Å². The average molecular weight is 306 g/mol. The third-order valence-electron chi connectivity index (χ3n) is 2.25. The molecule has 0 saturated carbocycles. The summed E-state index contributed by atoms with van der Waals surface area (Å²) in [4.78, 5) is 26.2. The molecule has 21 heavy (non-hydrogen) atoms. The van der Waals surface area contributed by atoms with Gasteiger partial charge in [0, 0.05) is 12.2 Å². The van der Waals surface area contributed by atoms with Crippen molar-refractivity contribution < 1.29 is 32.6 Å². The van der Waals surface area contributed by atoms with E-state index in [0.29, 0.717) is 0 Å². The molecule has 0 aliphatic rings. The quantitative estimate of drug-likeness (QED) is 0.831. The molecule has 1 aromatic rings. The van der Waals surface area contributed by atoms with Crippen LogP contribution in [0.4, 0.5) is 13.2 Å². The van der Waals surface area contributed by atoms with Crippen LogP contribution in [0, 0.1) is 0 Å². The van der Waals surface area contributed by atoms with Crippen molar-refractivity contribution in [2.45, 2.75) is 19.1 Å². The van der Waals surface area contributed by atoms with Gasteiger partial charge in [0.1, 0.15) is 12.3 Å². The van der Waals surface area contributed by atoms with Gasteiger partial charge in [0.2, 0.25) is 0 Å². The molecule has 0 bridgehead atoms. The number of rotatable bonds is 6. The molecule has 0 fully saturated rings. The van der Waals surface area contributed by atoms with Crippen molar-refractivity contribution in [1.82, 2.24) is 10.3 Å². The molecule has 2 N–H and O–H groups in total. The summed E-state index contributed by atoms with van der Waals surface area (Å²) in [6, 6.07) is 1.60. The molecule has 1 aromatic heterocycles. The van der Waals surface area contributed by atoms with Gasteiger partial charge in [-0.3, -0.25) is 9.78 Å². The van der Waals surface area contributed by atoms with Crippen molar-refractivity contribution in [3.05, 3.63) is 29.6 Å². The lowest BCUT2D eigenvalue weighted by molar-refractivity contribution is -0.174. The second-order valence-electron chi connectivity index (χ2n) is 4.24. The van der Waals surface area contributed by atoms with Gasteiger partial charge < -0.3 is 15.2 Å². The first-order valence-corrected chi connectivity index (χ1v) is 5.84. The predicted octanol–water partition coefficient (Wildman–Crippen LogP) is 1.48. The molecule has 0 aliphatic heterocycles. The van der Waals surface area contributed by atoms with Crippen LogP contribution < -0.4 is 5.32 Å². The summed E-state index contributed by atoms with van der Waals surface area (Å²) >= 11 is 0. The third-order valence-corrected chi connectivity index (χ3v) is 2.25. The number of nitrogens with one attached hydrogen (secondary N) is 1. The Kier molecular flexibility index (Phi) is 5.65. The highest BCUT2D eigenvalue weighted by atomic mass is 19.4. The number of carboxylic acid groups (broad SMARTS) is 1. The Balaban J connectivity index is 2.52. The molecule has 9 heteroatoms. The van der Waals surface area contributed by atoms with Crippen LogP contribution in [0.3, 0.4) is 0 Å². The summed E-state index contributed by atoms with van der Waals surface area (Å²) in [5.74, 6) is -1.91. The van der Waals surface area contributed by atoms with E-state index in [1.54, 1.807) is 0 Å². The Hall–Kier alpha value is -2.16. The van der Waals surface area contributed by atoms with E-state index in [4.69, 9.17) is 5.11 Å². The number of aromatic carboxylic acids is 1. The summed E-state index contributed by atoms with van der Waals surface area (Å²) in [5.41, 5.74) is -0.256. The van der Waals surface area contributed by atoms with Crippen molar-refractivity contribution >= 4 is 11.9 Å². The van der Waals surface area contributed by atoms with Gasteiger partial charge in [-0.25, -0.2) is 4.79 Å². The highest BCUT2D eigenvalue weighted by Crippen LogP contribution is 2.14. The van der Waals surface area contributed by atoms with Crippen molar-refractivity contribution in [1.29, 1.82) is 0 Å². The molecule has 0 radical (unpaired) electrons. The highest BCUT2D eigenvalue weighted by molar-refractivity contribution is 5.95. The van der Waals surface area contributed by atoms with E-state index in [1.165, 1.54) is 13.0 Å². The average Bonchev–Trinajstić information content (AvgIpc) is 2.37. The number of carbonyl (C=O) groups is 2. The van der Waals surface area contributed by atoms with Crippen molar-refractivity contribution in [2.24, 2.45) is 0 Å². The van der Waals surface area contributed by atoms with E-state index in [0.717, 1.165) is 12.3 Å². The Labute approximate surface area is 117 Å². The van der Waals surface area contributed by atoms with E-state index in [1.807, 2.05) is 0 Å². The van der Waals surface area contributed by atoms with Gasteiger partial charge in [-0.1, -0.05) is 0 Å². The molecule has 0 aromatic carbocycles. The molecule has 1 rings (SSSR count). The molecule has 1 heterocycles. The number of halogens is 3. The minimum absolute atomic E-state index is 0.115. The first-order chi connectivity index (χ1) is 9.69. The standard InChI is InChI=1S/C12H13F3N2O4/c1-7(5-21-6-12(13,14)15)17-10(18)9-4-8(11(19)20)2-3-16-9/h2-4,7H,5-6H2,1H3,(H,17,18)(H,19,20). The molecule has 0 spiro atoms. The second-order valence-corrected chi connectivity index (χ2v) is 4.24. The molecule has 6 nitrogen and oxygen atoms in total. The fraction of sp³-hybridized carbons (Fsp3) is 0.417. The van der Waals surface area contributed by atoms with Crippen LogP contribution in [0.5, 0.6) is 0 Å². The number of hydrogen-bond donors (Lipinski definition) is 2. The van der Waals surface area contributed by atoms with Crippen LogP contribution in [0.2, 0.25) is 0 Å². The third kappa shape index (κ3) is 6.21. The van der Waals surface area contributed by atoms with Gasteiger partial charge in [0.15, 0.2) is 0 Å². The number of amides is 1. The Bertz CT molecular complexity index is 519. The van der Waals surface area contributed by atoms with E-state index in [-0.39, 0.29) is 17.9 Å². The topological polar surface area (TPSA) is 88.5 Å². The second kappa shape index (κ2) is 7.02. The zero-order valence-electron chi connectivity index (χ0n) is 11.0. The summed E-state index contributed by atoms with van der Waals surface area (Å²) in [6.07, 6.45) is -3.27. The van der Waals surface area contributed by atoms with Crippen molar-refractivity contribution in [3.8, 4) is 0 Å². The molecular formula is C12H13F3N2O4. The van der Waals surface area contributed by atoms with Crippen LogP contribution in [0.1, 0.15) is 27.8 Å². The van der Waals surface area contributed by atoms with Crippen LogP contribution in [-0.2, 0) is 4.74 Å². The molecule has 0 aliphatic carbocycles. The van der Waals surface area contributed by atoms with Crippen LogP contribution in [0.25, 0.3) is 0 Å². The van der Waals surface area contributed by atoms with Gasteiger partial charge in [-0.2, -0.15) is 13.2 Å². The van der Waals surface area contributed by atoms with Gasteiger partial charge in [0.25, 0.3) is 5.91 Å². The van der Waals surface area contributed by atoms with Crippen molar-refractivity contribution in [2.75, 3.05) is 13.2 Å². The molecule has 1 amide bonds. The SMILES string of the molecule is CC(COCC(F)(F)F)NC(=O)c1cc(C(=O)O)ccn1. The number of carbonyl (C=O) groups excluding carboxylic acids is 1. The first-order valence-electron chi connectivity index (χ1n) is 5.84. The molecule has 1 unspecified atom stereocenters. The molecule has 1 atom stereocenters. The molecular weight excluding hydrogens is 293 g/mol. The number of alkyl halides is 3. The van der Waals surface area contributed by atoms with Gasteiger partial charge >= 0.3 is 12.1 Å². The summed E-state index contributed by atoms with van der Waals surface area (Å²) in [6.45, 7) is -0.279. The van der Waals surface area contributed by atoms with Gasteiger partial charge in [0.05, 0.1) is 12.2 Å². The number of aromatic nitrogens is 1. The lowest BCUT2D eigenvalue weighted by atomic mass is 10.2. The van der Waals surface area contributed by atoms with Gasteiger partial charge in [-0.05, 0) is 19.1 Å². The smallest absolute Gasteiger partial charge is 0.411 e. The van der Waals surface area contributed by atoms with Crippen LogP contribution in [0.15, 0.2) is 18.3 Å². The van der Waals surface area contributed by atoms with Crippen molar-refractivity contribution in [3.63, 3.8) is 0 Å². The van der Waals surface area contributed by atoms with E-state index >= 15 is 0 Å². The monoisotopic (exact) mass is 306 g/mol. The number of ether oxygens (including phenoxy) is 1. The number of pyridine rings is 1. The largest absolute Gasteiger partial charge is 0.478 e. The lowest BCUT2D eigenvalue weighted by Gasteiger charge is -2.15. The predicted molar refractivity (Wildman–Crippen MR) is 65.0 cm³/mol. The zero-order chi connectivity index (χ0) is 16.0. The van der Waals surface area contributed by atoms with E-state index < -0.39 is 30.7 Å². The maximum atomic E-state index is 11.9. The van der Waals surface area contributed by atoms with Crippen LogP contribution in [-0.4, -0.2) is 47.4 Å². The van der Waals surface area contributed by atoms with Gasteiger partial charge in [-0.15, -0.1) is 0 Å². The fourth-order valence-electron chi connectivity index (χ4n) is 1.38. The highest BCUT2D eigenvalue weighted by Gasteiger charge is 2.27. The first kappa shape index (κ1) is 16.9. The summed E-state index contributed by atoms with van der Waals surface area (Å²) < 4.78 is 40.0. The normalized spacial score (nSPS) is 12.8. The maximum Gasteiger partial charge on any atom is 0.411 e. The summed E-state index contributed by atoms with van der Waals surface area (Å²) in [7, 11) is 0. The summed E-state index contributed by atoms with van der Waals surface area (Å²) in [5, 5.41) is 11.1. The minimum atomic E-state index is -4.43. The Morgan fingerprint density at radius 3 is 2.71 bits per heavy atom. The van der Waals surface area contributed by atoms with Crippen LogP contribution >= 0.6 is 0 Å². The number of nitrogens with zero attached hydrogens (tertiary/aromatic N) is 1. The van der Waals surface area contributed by atoms with E-state index in [2.05, 4.69) is 15.0 Å².